The van der Waals surface area contributed by atoms with Crippen LogP contribution >= 0.6 is 69.9 Å². The number of oxime groups is 2. The Hall–Kier alpha value is -1.82. The number of anilines is 2. The monoisotopic (exact) mass is 566 g/mol. The largest absolute Gasteiger partial charge is 0.437 e. The average Bonchev–Trinajstić information content (AvgIpc) is 3.13. The summed E-state index contributed by atoms with van der Waals surface area (Å²) in [6.07, 6.45) is -0.107. The van der Waals surface area contributed by atoms with Gasteiger partial charge < -0.3 is 0 Å². The summed E-state index contributed by atoms with van der Waals surface area (Å²) in [5.41, 5.74) is 0.821. The van der Waals surface area contributed by atoms with E-state index in [-0.39, 0.29) is 0 Å². The molecular weight excluding hydrogens is 554 g/mol. The predicted molar refractivity (Wildman–Crippen MR) is 138 cm³/mol. The number of hydrogen-bond donors (Lipinski definition) is 2. The van der Waals surface area contributed by atoms with Crippen molar-refractivity contribution in [1.82, 2.24) is 0 Å². The molecule has 0 unspecified atom stereocenters. The lowest BCUT2D eigenvalue weighted by molar-refractivity contribution is 0.166. The maximum absolute atomic E-state index is 11.9. The number of rotatable bonds is 5. The zero-order valence-corrected chi connectivity index (χ0v) is 21.3. The first kappa shape index (κ1) is 25.8. The molecule has 1 saturated heterocycles. The molecule has 1 fully saturated rings. The summed E-state index contributed by atoms with van der Waals surface area (Å²) in [6.45, 7) is 1.87. The van der Waals surface area contributed by atoms with Crippen LogP contribution in [-0.4, -0.2) is 33.3 Å². The maximum atomic E-state index is 11.9. The summed E-state index contributed by atoms with van der Waals surface area (Å²) in [5, 5.41) is 13.9. The third-order valence-electron chi connectivity index (χ3n) is 3.80. The number of amides is 2. The van der Waals surface area contributed by atoms with Crippen LogP contribution in [0.15, 0.2) is 46.7 Å². The first-order valence-electron chi connectivity index (χ1n) is 8.94. The van der Waals surface area contributed by atoms with Crippen molar-refractivity contribution in [2.75, 3.05) is 16.4 Å². The Labute approximate surface area is 217 Å². The minimum Gasteiger partial charge on any atom is -0.298 e. The van der Waals surface area contributed by atoms with Crippen LogP contribution in [0.1, 0.15) is 6.92 Å². The SMILES string of the molecule is C[C@]1(/C=N\OC(=O)Nc2ccc(Cl)c(Cl)c2)CS/C(=N\OC(=O)Nc2ccc(Cl)c(Cl)c2)S1. The van der Waals surface area contributed by atoms with E-state index in [1.807, 2.05) is 6.92 Å². The van der Waals surface area contributed by atoms with Crippen LogP contribution < -0.4 is 10.6 Å². The highest BCUT2D eigenvalue weighted by molar-refractivity contribution is 8.42. The number of nitrogens with zero attached hydrogens (tertiary/aromatic N) is 2. The van der Waals surface area contributed by atoms with Crippen molar-refractivity contribution in [3.05, 3.63) is 56.5 Å². The Morgan fingerprint density at radius 3 is 2.03 bits per heavy atom. The zero-order valence-electron chi connectivity index (χ0n) is 16.6. The summed E-state index contributed by atoms with van der Waals surface area (Å²) in [4.78, 5) is 33.5. The van der Waals surface area contributed by atoms with Gasteiger partial charge in [-0.2, -0.15) is 0 Å². The fraction of sp³-hybridized carbons (Fsp3) is 0.158. The molecule has 2 amide bonds. The Kier molecular flexibility index (Phi) is 9.02. The third kappa shape index (κ3) is 7.87. The van der Waals surface area contributed by atoms with Crippen molar-refractivity contribution in [3.8, 4) is 0 Å². The molecule has 2 N–H and O–H groups in total. The van der Waals surface area contributed by atoms with Gasteiger partial charge in [0, 0.05) is 17.1 Å². The molecule has 174 valence electrons. The normalized spacial score (nSPS) is 19.0. The standard InChI is InChI=1S/C19H14Cl4N4O4S2/c1-19(8-24-30-16(28)25-10-2-4-12(20)14(22)6-10)9-32-18(33-19)27-31-17(29)26-11-3-5-13(21)15(23)7-11/h2-8H,9H2,1H3,(H,25,28)(H,26,29)/b24-8-,27-18+/t19-/m0/s1. The summed E-state index contributed by atoms with van der Waals surface area (Å²) in [5.74, 6) is 0.565. The van der Waals surface area contributed by atoms with Gasteiger partial charge in [0.25, 0.3) is 0 Å². The Balaban J connectivity index is 1.46. The highest BCUT2D eigenvalue weighted by Gasteiger charge is 2.34. The van der Waals surface area contributed by atoms with Crippen LogP contribution in [0, 0.1) is 0 Å². The van der Waals surface area contributed by atoms with Crippen LogP contribution in [0.5, 0.6) is 0 Å². The van der Waals surface area contributed by atoms with Gasteiger partial charge in [-0.3, -0.25) is 20.3 Å². The fourth-order valence-corrected chi connectivity index (χ4v) is 5.40. The molecule has 2 aromatic carbocycles. The number of carbonyl (C=O) groups is 2. The second-order valence-corrected chi connectivity index (χ2v) is 10.9. The Morgan fingerprint density at radius 2 is 1.48 bits per heavy atom. The van der Waals surface area contributed by atoms with Gasteiger partial charge in [0.15, 0.2) is 4.38 Å². The van der Waals surface area contributed by atoms with E-state index in [9.17, 15) is 9.59 Å². The molecule has 0 aliphatic carbocycles. The Morgan fingerprint density at radius 1 is 0.939 bits per heavy atom. The molecule has 1 atom stereocenters. The van der Waals surface area contributed by atoms with E-state index in [1.54, 1.807) is 24.3 Å². The topological polar surface area (TPSA) is 101 Å². The van der Waals surface area contributed by atoms with Gasteiger partial charge >= 0.3 is 12.2 Å². The van der Waals surface area contributed by atoms with E-state index in [0.29, 0.717) is 41.6 Å². The molecule has 0 aromatic heterocycles. The van der Waals surface area contributed by atoms with Gasteiger partial charge in [-0.05, 0) is 43.3 Å². The molecular formula is C19H14Cl4N4O4S2. The van der Waals surface area contributed by atoms with E-state index >= 15 is 0 Å². The molecule has 8 nitrogen and oxygen atoms in total. The fourth-order valence-electron chi connectivity index (χ4n) is 2.27. The first-order valence-corrected chi connectivity index (χ1v) is 12.3. The van der Waals surface area contributed by atoms with Crippen LogP contribution in [0.4, 0.5) is 21.0 Å². The first-order chi connectivity index (χ1) is 15.6. The van der Waals surface area contributed by atoms with Gasteiger partial charge in [-0.15, -0.1) is 0 Å². The van der Waals surface area contributed by atoms with Gasteiger partial charge in [-0.1, -0.05) is 80.2 Å². The van der Waals surface area contributed by atoms with Crippen molar-refractivity contribution < 1.29 is 19.3 Å². The van der Waals surface area contributed by atoms with Crippen molar-refractivity contribution in [2.24, 2.45) is 10.3 Å². The van der Waals surface area contributed by atoms with Crippen LogP contribution in [0.25, 0.3) is 0 Å². The molecule has 0 spiro atoms. The molecule has 2 aromatic rings. The highest BCUT2D eigenvalue weighted by atomic mass is 35.5. The molecule has 0 saturated carbocycles. The third-order valence-corrected chi connectivity index (χ3v) is 8.09. The van der Waals surface area contributed by atoms with Crippen molar-refractivity contribution >= 4 is 104 Å². The highest BCUT2D eigenvalue weighted by Crippen LogP contribution is 2.41. The number of halogens is 4. The summed E-state index contributed by atoms with van der Waals surface area (Å²) in [7, 11) is 0. The van der Waals surface area contributed by atoms with E-state index in [0.717, 1.165) is 0 Å². The molecule has 1 heterocycles. The second-order valence-electron chi connectivity index (χ2n) is 6.56. The maximum Gasteiger partial charge on any atom is 0.437 e. The van der Waals surface area contributed by atoms with Crippen LogP contribution in [-0.2, 0) is 9.68 Å². The minimum absolute atomic E-state index is 0.296. The molecule has 3 rings (SSSR count). The van der Waals surface area contributed by atoms with Crippen molar-refractivity contribution in [3.63, 3.8) is 0 Å². The van der Waals surface area contributed by atoms with Crippen molar-refractivity contribution in [2.45, 2.75) is 11.7 Å². The Bertz CT molecular complexity index is 1130. The molecule has 1 aliphatic rings. The number of nitrogens with one attached hydrogen (secondary N) is 2. The molecule has 0 bridgehead atoms. The minimum atomic E-state index is -0.792. The summed E-state index contributed by atoms with van der Waals surface area (Å²) in [6, 6.07) is 9.22. The number of benzene rings is 2. The molecule has 33 heavy (non-hydrogen) atoms. The molecule has 1 aliphatic heterocycles. The average molecular weight is 568 g/mol. The van der Waals surface area contributed by atoms with E-state index < -0.39 is 16.9 Å². The number of hydrogen-bond acceptors (Lipinski definition) is 8. The van der Waals surface area contributed by atoms with E-state index in [4.69, 9.17) is 56.1 Å². The quantitative estimate of drug-likeness (QED) is 0.219. The van der Waals surface area contributed by atoms with E-state index in [1.165, 1.54) is 41.9 Å². The van der Waals surface area contributed by atoms with Gasteiger partial charge in [0.2, 0.25) is 0 Å². The lowest BCUT2D eigenvalue weighted by Crippen LogP contribution is -2.22. The summed E-state index contributed by atoms with van der Waals surface area (Å²) < 4.78 is -0.0230. The van der Waals surface area contributed by atoms with Gasteiger partial charge in [0.1, 0.15) is 0 Å². The molecule has 0 radical (unpaired) electrons. The number of carbonyl (C=O) groups excluding carboxylic acids is 2. The van der Waals surface area contributed by atoms with Crippen LogP contribution in [0.2, 0.25) is 20.1 Å². The lowest BCUT2D eigenvalue weighted by Gasteiger charge is -2.13. The smallest absolute Gasteiger partial charge is 0.298 e. The number of thioether (sulfide) groups is 2. The van der Waals surface area contributed by atoms with Crippen LogP contribution in [0.3, 0.4) is 0 Å². The second kappa shape index (κ2) is 11.5. The van der Waals surface area contributed by atoms with Gasteiger partial charge in [-0.25, -0.2) is 9.59 Å². The van der Waals surface area contributed by atoms with Crippen molar-refractivity contribution in [1.29, 1.82) is 0 Å². The molecule has 14 heteroatoms. The lowest BCUT2D eigenvalue weighted by atomic mass is 10.2. The zero-order chi connectivity index (χ0) is 24.0. The van der Waals surface area contributed by atoms with Gasteiger partial charge in [0.05, 0.1) is 31.1 Å². The predicted octanol–water partition coefficient (Wildman–Crippen LogP) is 7.59. The summed E-state index contributed by atoms with van der Waals surface area (Å²) >= 11 is 26.1. The van der Waals surface area contributed by atoms with E-state index in [2.05, 4.69) is 20.9 Å².